The standard InChI is InChI=1S/C12H12F3N3/c1-17-10-5-3-2-4-9(10)16-11(17)18-6-8(7-18)12(13,14)15/h2-5,8H,6-7H2,1H3. The Balaban J connectivity index is 1.87. The Labute approximate surface area is 102 Å². The molecular weight excluding hydrogens is 243 g/mol. The number of fused-ring (bicyclic) bond motifs is 1. The van der Waals surface area contributed by atoms with E-state index in [1.807, 2.05) is 35.9 Å². The average molecular weight is 255 g/mol. The number of aryl methyl sites for hydroxylation is 1. The van der Waals surface area contributed by atoms with Crippen LogP contribution < -0.4 is 4.90 Å². The van der Waals surface area contributed by atoms with E-state index in [4.69, 9.17) is 0 Å². The van der Waals surface area contributed by atoms with Gasteiger partial charge < -0.3 is 9.47 Å². The number of anilines is 1. The minimum Gasteiger partial charge on any atom is -0.341 e. The summed E-state index contributed by atoms with van der Waals surface area (Å²) in [5.74, 6) is -0.617. The van der Waals surface area contributed by atoms with Gasteiger partial charge in [-0.25, -0.2) is 4.98 Å². The third-order valence-corrected chi connectivity index (χ3v) is 3.39. The van der Waals surface area contributed by atoms with Crippen LogP contribution in [0.5, 0.6) is 0 Å². The number of alkyl halides is 3. The maximum atomic E-state index is 12.4. The van der Waals surface area contributed by atoms with Gasteiger partial charge in [0, 0.05) is 20.1 Å². The van der Waals surface area contributed by atoms with Crippen molar-refractivity contribution in [2.75, 3.05) is 18.0 Å². The molecule has 6 heteroatoms. The molecule has 18 heavy (non-hydrogen) atoms. The van der Waals surface area contributed by atoms with Crippen molar-refractivity contribution in [3.05, 3.63) is 24.3 Å². The van der Waals surface area contributed by atoms with Gasteiger partial charge in [-0.15, -0.1) is 0 Å². The predicted octanol–water partition coefficient (Wildman–Crippen LogP) is 2.57. The first-order valence-electron chi connectivity index (χ1n) is 5.70. The second-order valence-corrected chi connectivity index (χ2v) is 4.60. The van der Waals surface area contributed by atoms with Crippen LogP contribution in [0.4, 0.5) is 19.1 Å². The van der Waals surface area contributed by atoms with Gasteiger partial charge in [0.25, 0.3) is 0 Å². The van der Waals surface area contributed by atoms with Crippen LogP contribution in [0.1, 0.15) is 0 Å². The fourth-order valence-corrected chi connectivity index (χ4v) is 2.26. The summed E-state index contributed by atoms with van der Waals surface area (Å²) in [6, 6.07) is 7.53. The Kier molecular flexibility index (Phi) is 2.30. The van der Waals surface area contributed by atoms with E-state index in [1.54, 1.807) is 4.90 Å². The topological polar surface area (TPSA) is 21.1 Å². The maximum Gasteiger partial charge on any atom is 0.395 e. The number of rotatable bonds is 1. The number of para-hydroxylation sites is 2. The van der Waals surface area contributed by atoms with Gasteiger partial charge in [0.2, 0.25) is 5.95 Å². The third kappa shape index (κ3) is 1.63. The maximum absolute atomic E-state index is 12.4. The highest BCUT2D eigenvalue weighted by Gasteiger charge is 2.48. The molecule has 0 atom stereocenters. The molecule has 1 aliphatic heterocycles. The molecule has 3 rings (SSSR count). The van der Waals surface area contributed by atoms with Crippen LogP contribution in [0.2, 0.25) is 0 Å². The summed E-state index contributed by atoms with van der Waals surface area (Å²) in [4.78, 5) is 6.04. The van der Waals surface area contributed by atoms with Gasteiger partial charge >= 0.3 is 6.18 Å². The fraction of sp³-hybridized carbons (Fsp3) is 0.417. The van der Waals surface area contributed by atoms with Gasteiger partial charge in [0.15, 0.2) is 0 Å². The molecule has 0 aliphatic carbocycles. The zero-order valence-electron chi connectivity index (χ0n) is 9.78. The van der Waals surface area contributed by atoms with Gasteiger partial charge in [-0.05, 0) is 12.1 Å². The summed E-state index contributed by atoms with van der Waals surface area (Å²) in [6.45, 7) is 0.00131. The molecule has 1 aromatic carbocycles. The molecule has 1 aliphatic rings. The Hall–Kier alpha value is -1.72. The molecule has 0 bridgehead atoms. The highest BCUT2D eigenvalue weighted by Crippen LogP contribution is 2.36. The first kappa shape index (κ1) is 11.4. The summed E-state index contributed by atoms with van der Waals surface area (Å²) < 4.78 is 39.2. The number of hydrogen-bond donors (Lipinski definition) is 0. The van der Waals surface area contributed by atoms with Crippen LogP contribution in [0, 0.1) is 5.92 Å². The molecule has 96 valence electrons. The minimum atomic E-state index is -4.10. The van der Waals surface area contributed by atoms with Gasteiger partial charge in [-0.3, -0.25) is 0 Å². The summed E-state index contributed by atoms with van der Waals surface area (Å²) in [7, 11) is 1.82. The van der Waals surface area contributed by atoms with Crippen LogP contribution in [-0.4, -0.2) is 28.8 Å². The molecule has 0 amide bonds. The Morgan fingerprint density at radius 3 is 2.50 bits per heavy atom. The van der Waals surface area contributed by atoms with E-state index in [2.05, 4.69) is 4.98 Å². The van der Waals surface area contributed by atoms with Gasteiger partial charge in [0.1, 0.15) is 0 Å². The molecule has 0 saturated carbocycles. The van der Waals surface area contributed by atoms with Gasteiger partial charge in [0.05, 0.1) is 17.0 Å². The van der Waals surface area contributed by atoms with E-state index >= 15 is 0 Å². The highest BCUT2D eigenvalue weighted by molar-refractivity contribution is 5.78. The first-order chi connectivity index (χ1) is 8.47. The second-order valence-electron chi connectivity index (χ2n) is 4.60. The van der Waals surface area contributed by atoms with Crippen molar-refractivity contribution < 1.29 is 13.2 Å². The van der Waals surface area contributed by atoms with Crippen molar-refractivity contribution >= 4 is 17.0 Å². The van der Waals surface area contributed by atoms with Crippen LogP contribution in [0.3, 0.4) is 0 Å². The second kappa shape index (κ2) is 3.63. The lowest BCUT2D eigenvalue weighted by Gasteiger charge is -2.40. The molecule has 2 aromatic rings. The molecule has 1 aromatic heterocycles. The van der Waals surface area contributed by atoms with E-state index < -0.39 is 12.1 Å². The molecule has 0 N–H and O–H groups in total. The molecule has 1 fully saturated rings. The van der Waals surface area contributed by atoms with E-state index in [-0.39, 0.29) is 13.1 Å². The van der Waals surface area contributed by atoms with Crippen LogP contribution in [0.15, 0.2) is 24.3 Å². The Bertz CT molecular complexity index is 582. The summed E-state index contributed by atoms with van der Waals surface area (Å²) >= 11 is 0. The summed E-state index contributed by atoms with van der Waals surface area (Å²) in [5.41, 5.74) is 1.74. The average Bonchev–Trinajstić information content (AvgIpc) is 2.53. The highest BCUT2D eigenvalue weighted by atomic mass is 19.4. The van der Waals surface area contributed by atoms with E-state index in [0.29, 0.717) is 5.95 Å². The summed E-state index contributed by atoms with van der Waals surface area (Å²) in [6.07, 6.45) is -4.10. The molecule has 2 heterocycles. The molecule has 0 radical (unpaired) electrons. The fourth-order valence-electron chi connectivity index (χ4n) is 2.26. The number of hydrogen-bond acceptors (Lipinski definition) is 2. The molecule has 1 saturated heterocycles. The lowest BCUT2D eigenvalue weighted by Crippen LogP contribution is -2.54. The van der Waals surface area contributed by atoms with Crippen molar-refractivity contribution in [1.29, 1.82) is 0 Å². The smallest absolute Gasteiger partial charge is 0.341 e. The lowest BCUT2D eigenvalue weighted by atomic mass is 10.0. The molecule has 0 spiro atoms. The van der Waals surface area contributed by atoms with E-state index in [0.717, 1.165) is 11.0 Å². The van der Waals surface area contributed by atoms with Crippen molar-refractivity contribution in [2.24, 2.45) is 13.0 Å². The monoisotopic (exact) mass is 255 g/mol. The zero-order valence-corrected chi connectivity index (χ0v) is 9.78. The van der Waals surface area contributed by atoms with Crippen LogP contribution in [0.25, 0.3) is 11.0 Å². The minimum absolute atomic E-state index is 0.000657. The van der Waals surface area contributed by atoms with Crippen molar-refractivity contribution in [3.63, 3.8) is 0 Å². The van der Waals surface area contributed by atoms with Crippen LogP contribution >= 0.6 is 0 Å². The van der Waals surface area contributed by atoms with E-state index in [9.17, 15) is 13.2 Å². The molecule has 3 nitrogen and oxygen atoms in total. The molecular formula is C12H12F3N3. The Morgan fingerprint density at radius 2 is 1.89 bits per heavy atom. The quantitative estimate of drug-likeness (QED) is 0.781. The number of imidazole rings is 1. The first-order valence-corrected chi connectivity index (χ1v) is 5.70. The normalized spacial score (nSPS) is 17.2. The van der Waals surface area contributed by atoms with Crippen molar-refractivity contribution in [2.45, 2.75) is 6.18 Å². The molecule has 0 unspecified atom stereocenters. The van der Waals surface area contributed by atoms with Gasteiger partial charge in [-0.1, -0.05) is 12.1 Å². The van der Waals surface area contributed by atoms with Crippen molar-refractivity contribution in [1.82, 2.24) is 9.55 Å². The largest absolute Gasteiger partial charge is 0.395 e. The van der Waals surface area contributed by atoms with Crippen LogP contribution in [-0.2, 0) is 7.05 Å². The third-order valence-electron chi connectivity index (χ3n) is 3.39. The predicted molar refractivity (Wildman–Crippen MR) is 62.5 cm³/mol. The van der Waals surface area contributed by atoms with E-state index in [1.165, 1.54) is 0 Å². The van der Waals surface area contributed by atoms with Crippen molar-refractivity contribution in [3.8, 4) is 0 Å². The number of aromatic nitrogens is 2. The summed E-state index contributed by atoms with van der Waals surface area (Å²) in [5, 5.41) is 0. The lowest BCUT2D eigenvalue weighted by molar-refractivity contribution is -0.180. The zero-order chi connectivity index (χ0) is 12.9. The number of nitrogens with zero attached hydrogens (tertiary/aromatic N) is 3. The van der Waals surface area contributed by atoms with Gasteiger partial charge in [-0.2, -0.15) is 13.2 Å². The Morgan fingerprint density at radius 1 is 1.22 bits per heavy atom. The SMILES string of the molecule is Cn1c(N2CC(C(F)(F)F)C2)nc2ccccc21. The number of benzene rings is 1. The number of halogens is 3.